The summed E-state index contributed by atoms with van der Waals surface area (Å²) >= 11 is 0. The summed E-state index contributed by atoms with van der Waals surface area (Å²) in [6.45, 7) is 8.83. The highest BCUT2D eigenvalue weighted by atomic mass is 19.1. The van der Waals surface area contributed by atoms with Gasteiger partial charge in [-0.2, -0.15) is 0 Å². The first kappa shape index (κ1) is 20.5. The lowest BCUT2D eigenvalue weighted by Gasteiger charge is -2.23. The largest absolute Gasteiger partial charge is 0.325 e. The normalized spacial score (nSPS) is 22.6. The Labute approximate surface area is 176 Å². The van der Waals surface area contributed by atoms with E-state index >= 15 is 0 Å². The highest BCUT2D eigenvalue weighted by Gasteiger charge is 2.59. The molecule has 2 aliphatic heterocycles. The molecule has 0 saturated carbocycles. The predicted octanol–water partition coefficient (Wildman–Crippen LogP) is 2.91. The van der Waals surface area contributed by atoms with Crippen molar-refractivity contribution in [3.05, 3.63) is 71.1 Å². The fourth-order valence-electron chi connectivity index (χ4n) is 4.19. The van der Waals surface area contributed by atoms with Gasteiger partial charge in [-0.05, 0) is 30.7 Å². The third-order valence-corrected chi connectivity index (χ3v) is 5.78. The van der Waals surface area contributed by atoms with Crippen molar-refractivity contribution in [1.29, 1.82) is 0 Å². The fourth-order valence-corrected chi connectivity index (χ4v) is 4.19. The number of likely N-dealkylation sites (tertiary alicyclic amines) is 1. The van der Waals surface area contributed by atoms with Gasteiger partial charge in [0, 0.05) is 24.0 Å². The minimum Gasteiger partial charge on any atom is -0.325 e. The highest BCUT2D eigenvalue weighted by molar-refractivity contribution is 6.09. The van der Waals surface area contributed by atoms with Crippen molar-refractivity contribution in [1.82, 2.24) is 4.90 Å². The summed E-state index contributed by atoms with van der Waals surface area (Å²) in [6.07, 6.45) is -0.791. The fraction of sp³-hybridized carbons (Fsp3) is 0.273. The van der Waals surface area contributed by atoms with Gasteiger partial charge in [0.05, 0.1) is 6.42 Å². The van der Waals surface area contributed by atoms with E-state index in [1.807, 2.05) is 0 Å². The summed E-state index contributed by atoms with van der Waals surface area (Å²) in [5, 5.41) is 5.12. The number of carbonyl (C=O) groups is 3. The summed E-state index contributed by atoms with van der Waals surface area (Å²) in [5.41, 5.74) is 0.190. The Bertz CT molecular complexity index is 1130. The molecule has 0 aliphatic carbocycles. The van der Waals surface area contributed by atoms with Crippen LogP contribution in [-0.4, -0.2) is 35.3 Å². The zero-order chi connectivity index (χ0) is 22.3. The molecule has 7 nitrogen and oxygen atoms in total. The number of rotatable bonds is 3. The lowest BCUT2D eigenvalue weighted by atomic mass is 9.80. The third-order valence-electron chi connectivity index (χ3n) is 5.78. The molecule has 2 aliphatic rings. The number of nitrogens with one attached hydrogen (secondary N) is 2. The Kier molecular flexibility index (Phi) is 4.93. The number of nitrogens with zero attached hydrogens (tertiary/aromatic N) is 2. The number of halogens is 2. The molecule has 9 heteroatoms. The van der Waals surface area contributed by atoms with Gasteiger partial charge >= 0.3 is 6.17 Å². The van der Waals surface area contributed by atoms with E-state index in [2.05, 4.69) is 15.5 Å². The molecule has 1 spiro atoms. The van der Waals surface area contributed by atoms with Crippen molar-refractivity contribution >= 4 is 29.1 Å². The van der Waals surface area contributed by atoms with Gasteiger partial charge in [0.1, 0.15) is 23.0 Å². The molecule has 4 rings (SSSR count). The third kappa shape index (κ3) is 3.40. The number of fused-ring (bicyclic) bond motifs is 2. The average Bonchev–Trinajstić information content (AvgIpc) is 3.25. The quantitative estimate of drug-likeness (QED) is 0.587. The van der Waals surface area contributed by atoms with Crippen molar-refractivity contribution in [2.75, 3.05) is 17.2 Å². The summed E-state index contributed by atoms with van der Waals surface area (Å²) in [6, 6.07) is 9.65. The Morgan fingerprint density at radius 3 is 2.61 bits per heavy atom. The molecule has 0 radical (unpaired) electrons. The summed E-state index contributed by atoms with van der Waals surface area (Å²) in [7, 11) is 0. The van der Waals surface area contributed by atoms with Gasteiger partial charge in [0.15, 0.2) is 0 Å². The van der Waals surface area contributed by atoms with E-state index in [0.29, 0.717) is 11.8 Å². The minimum atomic E-state index is -1.23. The molecule has 1 saturated heterocycles. The second kappa shape index (κ2) is 7.47. The van der Waals surface area contributed by atoms with E-state index in [9.17, 15) is 23.2 Å². The van der Waals surface area contributed by atoms with Crippen LogP contribution in [0.5, 0.6) is 0 Å². The zero-order valence-electron chi connectivity index (χ0n) is 16.5. The maximum atomic E-state index is 13.4. The van der Waals surface area contributed by atoms with E-state index < -0.39 is 40.9 Å². The van der Waals surface area contributed by atoms with Gasteiger partial charge in [0.25, 0.3) is 0 Å². The zero-order valence-corrected chi connectivity index (χ0v) is 16.5. The van der Waals surface area contributed by atoms with Crippen LogP contribution in [0.25, 0.3) is 4.85 Å². The smallest absolute Gasteiger partial charge is 0.302 e. The highest BCUT2D eigenvalue weighted by Crippen LogP contribution is 2.46. The summed E-state index contributed by atoms with van der Waals surface area (Å²) in [4.78, 5) is 43.2. The molecule has 158 valence electrons. The molecule has 1 fully saturated rings. The predicted molar refractivity (Wildman–Crippen MR) is 108 cm³/mol. The molecule has 1 unspecified atom stereocenters. The van der Waals surface area contributed by atoms with E-state index in [1.54, 1.807) is 24.3 Å². The molecular formula is C22H18F2N4O3. The van der Waals surface area contributed by atoms with E-state index in [-0.39, 0.29) is 24.6 Å². The first-order chi connectivity index (χ1) is 14.7. The Hall–Kier alpha value is -3.80. The van der Waals surface area contributed by atoms with Crippen LogP contribution in [0, 0.1) is 24.1 Å². The Morgan fingerprint density at radius 1 is 1.26 bits per heavy atom. The molecule has 2 aromatic carbocycles. The lowest BCUT2D eigenvalue weighted by Crippen LogP contribution is -2.44. The van der Waals surface area contributed by atoms with Crippen LogP contribution in [-0.2, 0) is 19.8 Å². The first-order valence-electron chi connectivity index (χ1n) is 9.60. The standard InChI is InChI=1S/C22H18F2N4O3/c1-12(19(29)26-15-8-13(23)7-14(24)9-15)20(30)28-11-22(10-18(28)25-2)16-5-3-4-6-17(16)27-21(22)31/h3-9,12,18H,10-11H2,1H3,(H,26,29)(H,27,31)/t12?,18-,22-/m0/s1. The second-order valence-electron chi connectivity index (χ2n) is 7.73. The first-order valence-corrected chi connectivity index (χ1v) is 9.60. The van der Waals surface area contributed by atoms with Gasteiger partial charge in [0.2, 0.25) is 17.7 Å². The van der Waals surface area contributed by atoms with Crippen molar-refractivity contribution in [2.24, 2.45) is 5.92 Å². The van der Waals surface area contributed by atoms with Gasteiger partial charge in [-0.1, -0.05) is 18.2 Å². The SMILES string of the molecule is [C-]#[N+][C@@H]1C[C@@]2(CN1C(=O)C(C)C(=O)Nc1cc(F)cc(F)c1)C(=O)Nc1ccccc12. The average molecular weight is 424 g/mol. The van der Waals surface area contributed by atoms with Crippen LogP contribution in [0.1, 0.15) is 18.9 Å². The van der Waals surface area contributed by atoms with Gasteiger partial charge in [-0.25, -0.2) is 15.4 Å². The van der Waals surface area contributed by atoms with Crippen LogP contribution in [0.3, 0.4) is 0 Å². The number of hydrogen-bond acceptors (Lipinski definition) is 3. The van der Waals surface area contributed by atoms with Crippen molar-refractivity contribution < 1.29 is 23.2 Å². The van der Waals surface area contributed by atoms with Gasteiger partial charge in [-0.3, -0.25) is 24.1 Å². The van der Waals surface area contributed by atoms with Crippen molar-refractivity contribution in [2.45, 2.75) is 24.9 Å². The summed E-state index contributed by atoms with van der Waals surface area (Å²) < 4.78 is 26.7. The number of carbonyl (C=O) groups excluding carboxylic acids is 3. The van der Waals surface area contributed by atoms with Gasteiger partial charge < -0.3 is 10.6 Å². The number of amides is 3. The molecule has 2 aromatic rings. The molecule has 31 heavy (non-hydrogen) atoms. The number of benzene rings is 2. The number of hydrogen-bond donors (Lipinski definition) is 2. The monoisotopic (exact) mass is 424 g/mol. The molecule has 2 N–H and O–H groups in total. The maximum Gasteiger partial charge on any atom is 0.302 e. The molecule has 0 bridgehead atoms. The Morgan fingerprint density at radius 2 is 1.94 bits per heavy atom. The molecule has 0 aromatic heterocycles. The van der Waals surface area contributed by atoms with E-state index in [0.717, 1.165) is 17.7 Å². The van der Waals surface area contributed by atoms with E-state index in [1.165, 1.54) is 11.8 Å². The molecule has 3 amide bonds. The molecule has 3 atom stereocenters. The number of para-hydroxylation sites is 1. The summed E-state index contributed by atoms with van der Waals surface area (Å²) in [5.74, 6) is -4.65. The van der Waals surface area contributed by atoms with Crippen LogP contribution < -0.4 is 10.6 Å². The van der Waals surface area contributed by atoms with Crippen LogP contribution in [0.4, 0.5) is 20.2 Å². The Balaban J connectivity index is 1.56. The van der Waals surface area contributed by atoms with Crippen molar-refractivity contribution in [3.63, 3.8) is 0 Å². The topological polar surface area (TPSA) is 82.9 Å². The van der Waals surface area contributed by atoms with Crippen LogP contribution in [0.2, 0.25) is 0 Å². The van der Waals surface area contributed by atoms with E-state index in [4.69, 9.17) is 6.57 Å². The van der Waals surface area contributed by atoms with Crippen molar-refractivity contribution in [3.8, 4) is 0 Å². The minimum absolute atomic E-state index is 0.0338. The van der Waals surface area contributed by atoms with Crippen LogP contribution in [0.15, 0.2) is 42.5 Å². The molecular weight excluding hydrogens is 406 g/mol. The lowest BCUT2D eigenvalue weighted by molar-refractivity contribution is -0.139. The number of anilines is 2. The second-order valence-corrected chi connectivity index (χ2v) is 7.73. The van der Waals surface area contributed by atoms with Crippen LogP contribution >= 0.6 is 0 Å². The maximum absolute atomic E-state index is 13.4. The molecule has 2 heterocycles. The van der Waals surface area contributed by atoms with Gasteiger partial charge in [-0.15, -0.1) is 0 Å².